The van der Waals surface area contributed by atoms with Gasteiger partial charge in [0.05, 0.1) is 19.8 Å². The molecule has 0 amide bonds. The second-order valence-corrected chi connectivity index (χ2v) is 3.89. The molecule has 0 radical (unpaired) electrons. The van der Waals surface area contributed by atoms with Gasteiger partial charge in [0.1, 0.15) is 5.75 Å². The normalized spacial score (nSPS) is 20.3. The number of rotatable bonds is 3. The number of hydrogen-bond acceptors (Lipinski definition) is 3. The first-order chi connectivity index (χ1) is 7.29. The summed E-state index contributed by atoms with van der Waals surface area (Å²) in [6, 6.07) is 6.52. The average molecular weight is 207 g/mol. The number of anilines is 1. The van der Waals surface area contributed by atoms with Crippen LogP contribution in [-0.4, -0.2) is 26.4 Å². The second-order valence-electron chi connectivity index (χ2n) is 3.89. The molecule has 1 aliphatic heterocycles. The van der Waals surface area contributed by atoms with Gasteiger partial charge in [-0.05, 0) is 25.0 Å². The van der Waals surface area contributed by atoms with Gasteiger partial charge in [0.2, 0.25) is 0 Å². The van der Waals surface area contributed by atoms with Crippen molar-refractivity contribution in [3.63, 3.8) is 0 Å². The van der Waals surface area contributed by atoms with Crippen LogP contribution in [0.5, 0.6) is 5.75 Å². The van der Waals surface area contributed by atoms with Gasteiger partial charge in [-0.3, -0.25) is 0 Å². The van der Waals surface area contributed by atoms with E-state index in [9.17, 15) is 0 Å². The van der Waals surface area contributed by atoms with E-state index in [1.807, 2.05) is 12.1 Å². The molecule has 0 saturated carbocycles. The van der Waals surface area contributed by atoms with E-state index in [0.29, 0.717) is 6.04 Å². The Morgan fingerprint density at radius 2 is 2.33 bits per heavy atom. The topological polar surface area (TPSA) is 30.5 Å². The van der Waals surface area contributed by atoms with Gasteiger partial charge in [-0.1, -0.05) is 6.07 Å². The summed E-state index contributed by atoms with van der Waals surface area (Å²) in [6.45, 7) is 3.76. The van der Waals surface area contributed by atoms with Crippen LogP contribution in [0.2, 0.25) is 0 Å². The molecular formula is C12H17NO2. The van der Waals surface area contributed by atoms with Crippen molar-refractivity contribution in [2.24, 2.45) is 0 Å². The molecule has 1 fully saturated rings. The van der Waals surface area contributed by atoms with E-state index >= 15 is 0 Å². The van der Waals surface area contributed by atoms with Crippen LogP contribution in [0.25, 0.3) is 0 Å². The van der Waals surface area contributed by atoms with Crippen molar-refractivity contribution in [3.05, 3.63) is 23.8 Å². The van der Waals surface area contributed by atoms with E-state index in [1.54, 1.807) is 7.11 Å². The number of methoxy groups -OCH3 is 1. The van der Waals surface area contributed by atoms with E-state index in [2.05, 4.69) is 18.3 Å². The molecule has 1 heterocycles. The zero-order chi connectivity index (χ0) is 10.7. The lowest BCUT2D eigenvalue weighted by Gasteiger charge is -2.15. The van der Waals surface area contributed by atoms with Crippen molar-refractivity contribution >= 4 is 5.69 Å². The third kappa shape index (κ3) is 2.42. The summed E-state index contributed by atoms with van der Waals surface area (Å²) < 4.78 is 10.5. The molecule has 1 saturated heterocycles. The molecule has 2 rings (SSSR count). The number of nitrogens with one attached hydrogen (secondary N) is 1. The summed E-state index contributed by atoms with van der Waals surface area (Å²) in [5.41, 5.74) is 2.38. The number of aryl methyl sites for hydroxylation is 1. The van der Waals surface area contributed by atoms with Crippen molar-refractivity contribution in [1.82, 2.24) is 0 Å². The van der Waals surface area contributed by atoms with E-state index in [0.717, 1.165) is 31.1 Å². The van der Waals surface area contributed by atoms with Crippen molar-refractivity contribution in [1.29, 1.82) is 0 Å². The number of ether oxygens (including phenoxy) is 2. The van der Waals surface area contributed by atoms with Crippen molar-refractivity contribution in [2.45, 2.75) is 19.4 Å². The van der Waals surface area contributed by atoms with E-state index in [4.69, 9.17) is 9.47 Å². The molecule has 15 heavy (non-hydrogen) atoms. The Morgan fingerprint density at radius 3 is 3.00 bits per heavy atom. The summed E-state index contributed by atoms with van der Waals surface area (Å²) in [7, 11) is 1.69. The third-order valence-corrected chi connectivity index (χ3v) is 2.73. The fraction of sp³-hybridized carbons (Fsp3) is 0.500. The van der Waals surface area contributed by atoms with Gasteiger partial charge in [-0.2, -0.15) is 0 Å². The fourth-order valence-corrected chi connectivity index (χ4v) is 1.75. The van der Waals surface area contributed by atoms with E-state index in [1.165, 1.54) is 5.56 Å². The molecule has 0 aromatic heterocycles. The Bertz CT molecular complexity index is 332. The van der Waals surface area contributed by atoms with Gasteiger partial charge in [-0.15, -0.1) is 0 Å². The van der Waals surface area contributed by atoms with Crippen molar-refractivity contribution in [3.8, 4) is 5.75 Å². The Hall–Kier alpha value is -1.22. The lowest BCUT2D eigenvalue weighted by molar-refractivity contribution is 0.195. The Balaban J connectivity index is 2.11. The highest BCUT2D eigenvalue weighted by Gasteiger charge is 2.15. The molecule has 1 aliphatic rings. The molecule has 3 nitrogen and oxygen atoms in total. The lowest BCUT2D eigenvalue weighted by Crippen LogP contribution is -2.19. The molecule has 3 heteroatoms. The maximum absolute atomic E-state index is 5.33. The summed E-state index contributed by atoms with van der Waals surface area (Å²) in [4.78, 5) is 0. The minimum Gasteiger partial charge on any atom is -0.497 e. The smallest absolute Gasteiger partial charge is 0.120 e. The van der Waals surface area contributed by atoms with Crippen molar-refractivity contribution < 1.29 is 9.47 Å². The maximum Gasteiger partial charge on any atom is 0.120 e. The third-order valence-electron chi connectivity index (χ3n) is 2.73. The van der Waals surface area contributed by atoms with Gasteiger partial charge in [0.15, 0.2) is 0 Å². The SMILES string of the molecule is COc1ccc(C)c(NC2CCOC2)c1. The fourth-order valence-electron chi connectivity index (χ4n) is 1.75. The molecule has 1 N–H and O–H groups in total. The van der Waals surface area contributed by atoms with Crippen LogP contribution in [0.4, 0.5) is 5.69 Å². The Labute approximate surface area is 90.4 Å². The van der Waals surface area contributed by atoms with Crippen LogP contribution in [0.1, 0.15) is 12.0 Å². The maximum atomic E-state index is 5.33. The first-order valence-electron chi connectivity index (χ1n) is 5.28. The quantitative estimate of drug-likeness (QED) is 0.824. The monoisotopic (exact) mass is 207 g/mol. The van der Waals surface area contributed by atoms with Crippen LogP contribution in [0, 0.1) is 6.92 Å². The molecule has 1 aromatic rings. The van der Waals surface area contributed by atoms with E-state index in [-0.39, 0.29) is 0 Å². The molecule has 1 atom stereocenters. The van der Waals surface area contributed by atoms with Gasteiger partial charge in [0.25, 0.3) is 0 Å². The molecule has 1 unspecified atom stereocenters. The molecular weight excluding hydrogens is 190 g/mol. The first-order valence-corrected chi connectivity index (χ1v) is 5.28. The standard InChI is InChI=1S/C12H17NO2/c1-9-3-4-11(14-2)7-12(9)13-10-5-6-15-8-10/h3-4,7,10,13H,5-6,8H2,1-2H3. The van der Waals surface area contributed by atoms with Gasteiger partial charge in [-0.25, -0.2) is 0 Å². The largest absolute Gasteiger partial charge is 0.497 e. The van der Waals surface area contributed by atoms with Gasteiger partial charge < -0.3 is 14.8 Å². The highest BCUT2D eigenvalue weighted by molar-refractivity contribution is 5.55. The minimum absolute atomic E-state index is 0.441. The Kier molecular flexibility index (Phi) is 3.11. The van der Waals surface area contributed by atoms with E-state index < -0.39 is 0 Å². The highest BCUT2D eigenvalue weighted by Crippen LogP contribution is 2.23. The zero-order valence-corrected chi connectivity index (χ0v) is 9.25. The summed E-state index contributed by atoms with van der Waals surface area (Å²) in [5.74, 6) is 0.891. The molecule has 0 aliphatic carbocycles. The molecule has 1 aromatic carbocycles. The van der Waals surface area contributed by atoms with Gasteiger partial charge >= 0.3 is 0 Å². The molecule has 0 bridgehead atoms. The predicted octanol–water partition coefficient (Wildman–Crippen LogP) is 2.20. The highest BCUT2D eigenvalue weighted by atomic mass is 16.5. The van der Waals surface area contributed by atoms with Crippen LogP contribution >= 0.6 is 0 Å². The summed E-state index contributed by atoms with van der Waals surface area (Å²) >= 11 is 0. The summed E-state index contributed by atoms with van der Waals surface area (Å²) in [6.07, 6.45) is 1.08. The average Bonchev–Trinajstić information content (AvgIpc) is 2.74. The summed E-state index contributed by atoms with van der Waals surface area (Å²) in [5, 5.41) is 3.48. The van der Waals surface area contributed by atoms with Crippen LogP contribution in [0.15, 0.2) is 18.2 Å². The van der Waals surface area contributed by atoms with Crippen LogP contribution in [0.3, 0.4) is 0 Å². The predicted molar refractivity (Wildman–Crippen MR) is 60.6 cm³/mol. The minimum atomic E-state index is 0.441. The number of hydrogen-bond donors (Lipinski definition) is 1. The molecule has 82 valence electrons. The Morgan fingerprint density at radius 1 is 1.47 bits per heavy atom. The zero-order valence-electron chi connectivity index (χ0n) is 9.25. The number of benzene rings is 1. The van der Waals surface area contributed by atoms with Crippen LogP contribution in [-0.2, 0) is 4.74 Å². The lowest BCUT2D eigenvalue weighted by atomic mass is 10.1. The van der Waals surface area contributed by atoms with Gasteiger partial charge in [0, 0.05) is 18.4 Å². The van der Waals surface area contributed by atoms with Crippen molar-refractivity contribution in [2.75, 3.05) is 25.6 Å². The molecule has 0 spiro atoms. The second kappa shape index (κ2) is 4.53. The first kappa shape index (κ1) is 10.3. The van der Waals surface area contributed by atoms with Crippen LogP contribution < -0.4 is 10.1 Å².